The van der Waals surface area contributed by atoms with Gasteiger partial charge in [-0.3, -0.25) is 4.98 Å². The molecular formula is C14H14BrClN2O. The van der Waals surface area contributed by atoms with Crippen molar-refractivity contribution in [1.82, 2.24) is 4.98 Å². The predicted molar refractivity (Wildman–Crippen MR) is 82.2 cm³/mol. The monoisotopic (exact) mass is 340 g/mol. The number of aromatic nitrogens is 1. The first-order valence-corrected chi connectivity index (χ1v) is 7.18. The number of benzene rings is 1. The maximum absolute atomic E-state index is 6.11. The fourth-order valence-corrected chi connectivity index (χ4v) is 2.24. The van der Waals surface area contributed by atoms with Gasteiger partial charge < -0.3 is 10.1 Å². The summed E-state index contributed by atoms with van der Waals surface area (Å²) in [5.41, 5.74) is 0.938. The summed E-state index contributed by atoms with van der Waals surface area (Å²) < 4.78 is 6.65. The molecular weight excluding hydrogens is 328 g/mol. The van der Waals surface area contributed by atoms with Crippen LogP contribution in [-0.2, 0) is 0 Å². The molecule has 0 aliphatic rings. The van der Waals surface area contributed by atoms with Crippen LogP contribution in [0.25, 0.3) is 0 Å². The number of halogens is 2. The minimum atomic E-state index is 0.557. The van der Waals surface area contributed by atoms with Crippen LogP contribution in [0.3, 0.4) is 0 Å². The van der Waals surface area contributed by atoms with E-state index < -0.39 is 0 Å². The lowest BCUT2D eigenvalue weighted by Crippen LogP contribution is -2.00. The Kier molecular flexibility index (Phi) is 5.05. The molecule has 19 heavy (non-hydrogen) atoms. The summed E-state index contributed by atoms with van der Waals surface area (Å²) in [5.74, 6) is 1.27. The van der Waals surface area contributed by atoms with Crippen molar-refractivity contribution in [3.05, 3.63) is 46.2 Å². The Morgan fingerprint density at radius 3 is 2.89 bits per heavy atom. The first-order valence-electron chi connectivity index (χ1n) is 6.01. The Hall–Kier alpha value is -1.26. The Bertz CT molecular complexity index is 563. The minimum Gasteiger partial charge on any atom is -0.454 e. The van der Waals surface area contributed by atoms with Crippen molar-refractivity contribution in [3.63, 3.8) is 0 Å². The quantitative estimate of drug-likeness (QED) is 0.820. The van der Waals surface area contributed by atoms with Crippen molar-refractivity contribution < 1.29 is 4.74 Å². The van der Waals surface area contributed by atoms with E-state index in [4.69, 9.17) is 16.3 Å². The van der Waals surface area contributed by atoms with Crippen LogP contribution in [0.1, 0.15) is 13.3 Å². The van der Waals surface area contributed by atoms with Crippen molar-refractivity contribution in [1.29, 1.82) is 0 Å². The van der Waals surface area contributed by atoms with Crippen LogP contribution in [0.5, 0.6) is 11.5 Å². The van der Waals surface area contributed by atoms with Crippen LogP contribution < -0.4 is 10.1 Å². The SMILES string of the molecule is CCCNc1cncc(Oc2ccc(Br)cc2Cl)c1. The summed E-state index contributed by atoms with van der Waals surface area (Å²) in [6.07, 6.45) is 4.49. The molecule has 0 atom stereocenters. The van der Waals surface area contributed by atoms with Gasteiger partial charge in [-0.15, -0.1) is 0 Å². The maximum atomic E-state index is 6.11. The first kappa shape index (κ1) is 14.2. The van der Waals surface area contributed by atoms with Gasteiger partial charge in [0.05, 0.1) is 23.1 Å². The highest BCUT2D eigenvalue weighted by Crippen LogP contribution is 2.32. The van der Waals surface area contributed by atoms with Gasteiger partial charge >= 0.3 is 0 Å². The highest BCUT2D eigenvalue weighted by Gasteiger charge is 2.04. The molecule has 2 aromatic rings. The molecule has 0 radical (unpaired) electrons. The smallest absolute Gasteiger partial charge is 0.147 e. The average Bonchev–Trinajstić information content (AvgIpc) is 2.40. The molecule has 100 valence electrons. The molecule has 0 unspecified atom stereocenters. The number of ether oxygens (including phenoxy) is 1. The molecule has 1 aromatic heterocycles. The summed E-state index contributed by atoms with van der Waals surface area (Å²) in [5, 5.41) is 3.82. The zero-order chi connectivity index (χ0) is 13.7. The van der Waals surface area contributed by atoms with Gasteiger partial charge in [-0.25, -0.2) is 0 Å². The van der Waals surface area contributed by atoms with E-state index in [-0.39, 0.29) is 0 Å². The molecule has 0 fully saturated rings. The van der Waals surface area contributed by atoms with Crippen molar-refractivity contribution in [3.8, 4) is 11.5 Å². The topological polar surface area (TPSA) is 34.2 Å². The highest BCUT2D eigenvalue weighted by molar-refractivity contribution is 9.10. The molecule has 0 spiro atoms. The lowest BCUT2D eigenvalue weighted by molar-refractivity contribution is 0.480. The lowest BCUT2D eigenvalue weighted by atomic mass is 10.3. The molecule has 1 heterocycles. The van der Waals surface area contributed by atoms with Crippen LogP contribution in [0, 0.1) is 0 Å². The summed E-state index contributed by atoms with van der Waals surface area (Å²) in [7, 11) is 0. The Balaban J connectivity index is 2.14. The minimum absolute atomic E-state index is 0.557. The maximum Gasteiger partial charge on any atom is 0.147 e. The average molecular weight is 342 g/mol. The van der Waals surface area contributed by atoms with Crippen LogP contribution in [0.15, 0.2) is 41.1 Å². The number of rotatable bonds is 5. The predicted octanol–water partition coefficient (Wildman–Crippen LogP) is 5.11. The number of hydrogen-bond acceptors (Lipinski definition) is 3. The largest absolute Gasteiger partial charge is 0.454 e. The van der Waals surface area contributed by atoms with Crippen LogP contribution in [-0.4, -0.2) is 11.5 Å². The fraction of sp³-hybridized carbons (Fsp3) is 0.214. The number of nitrogens with zero attached hydrogens (tertiary/aromatic N) is 1. The number of pyridine rings is 1. The van der Waals surface area contributed by atoms with E-state index in [2.05, 4.69) is 33.2 Å². The third-order valence-corrected chi connectivity index (χ3v) is 3.20. The van der Waals surface area contributed by atoms with Gasteiger partial charge in [-0.2, -0.15) is 0 Å². The molecule has 2 rings (SSSR count). The van der Waals surface area contributed by atoms with Gasteiger partial charge in [-0.1, -0.05) is 34.5 Å². The van der Waals surface area contributed by atoms with Crippen LogP contribution in [0.2, 0.25) is 5.02 Å². The van der Waals surface area contributed by atoms with Gasteiger partial charge in [-0.05, 0) is 24.6 Å². The molecule has 0 amide bonds. The fourth-order valence-electron chi connectivity index (χ4n) is 1.53. The zero-order valence-electron chi connectivity index (χ0n) is 10.5. The third kappa shape index (κ3) is 4.11. The van der Waals surface area contributed by atoms with Gasteiger partial charge in [0.2, 0.25) is 0 Å². The van der Waals surface area contributed by atoms with E-state index in [0.717, 1.165) is 23.1 Å². The van der Waals surface area contributed by atoms with Crippen molar-refractivity contribution in [2.75, 3.05) is 11.9 Å². The summed E-state index contributed by atoms with van der Waals surface area (Å²) in [4.78, 5) is 4.14. The van der Waals surface area contributed by atoms with Crippen molar-refractivity contribution in [2.24, 2.45) is 0 Å². The number of anilines is 1. The molecule has 1 N–H and O–H groups in total. The van der Waals surface area contributed by atoms with Crippen molar-refractivity contribution >= 4 is 33.2 Å². The van der Waals surface area contributed by atoms with Gasteiger partial charge in [0.15, 0.2) is 0 Å². The number of hydrogen-bond donors (Lipinski definition) is 1. The molecule has 0 aliphatic carbocycles. The van der Waals surface area contributed by atoms with E-state index in [9.17, 15) is 0 Å². The summed E-state index contributed by atoms with van der Waals surface area (Å²) in [6.45, 7) is 3.02. The molecule has 1 aromatic carbocycles. The van der Waals surface area contributed by atoms with E-state index in [1.165, 1.54) is 0 Å². The van der Waals surface area contributed by atoms with E-state index in [1.807, 2.05) is 18.2 Å². The normalized spacial score (nSPS) is 10.3. The van der Waals surface area contributed by atoms with Crippen LogP contribution in [0.4, 0.5) is 5.69 Å². The second-order valence-corrected chi connectivity index (χ2v) is 5.34. The molecule has 5 heteroatoms. The third-order valence-electron chi connectivity index (χ3n) is 2.41. The van der Waals surface area contributed by atoms with Gasteiger partial charge in [0.25, 0.3) is 0 Å². The van der Waals surface area contributed by atoms with E-state index in [0.29, 0.717) is 16.5 Å². The Labute approximate surface area is 126 Å². The highest BCUT2D eigenvalue weighted by atomic mass is 79.9. The van der Waals surface area contributed by atoms with E-state index in [1.54, 1.807) is 18.5 Å². The van der Waals surface area contributed by atoms with Gasteiger partial charge in [0, 0.05) is 17.1 Å². The second-order valence-electron chi connectivity index (χ2n) is 4.01. The van der Waals surface area contributed by atoms with E-state index >= 15 is 0 Å². The summed E-state index contributed by atoms with van der Waals surface area (Å²) >= 11 is 9.47. The lowest BCUT2D eigenvalue weighted by Gasteiger charge is -2.09. The number of nitrogens with one attached hydrogen (secondary N) is 1. The molecule has 0 bridgehead atoms. The molecule has 0 aliphatic heterocycles. The summed E-state index contributed by atoms with van der Waals surface area (Å²) in [6, 6.07) is 7.40. The zero-order valence-corrected chi connectivity index (χ0v) is 12.8. The molecule has 0 saturated heterocycles. The van der Waals surface area contributed by atoms with Crippen molar-refractivity contribution in [2.45, 2.75) is 13.3 Å². The van der Waals surface area contributed by atoms with Crippen LogP contribution >= 0.6 is 27.5 Å². The Morgan fingerprint density at radius 1 is 1.32 bits per heavy atom. The van der Waals surface area contributed by atoms with Gasteiger partial charge in [0.1, 0.15) is 11.5 Å². The Morgan fingerprint density at radius 2 is 2.16 bits per heavy atom. The molecule has 3 nitrogen and oxygen atoms in total. The second kappa shape index (κ2) is 6.78. The molecule has 0 saturated carbocycles. The first-order chi connectivity index (χ1) is 9.19. The standard InChI is InChI=1S/C14H14BrClN2O/c1-2-5-18-11-7-12(9-17-8-11)19-14-4-3-10(15)6-13(14)16/h3-4,6-9,18H,2,5H2,1H3.